The molecule has 2 rings (SSSR count). The molecular formula is C15H29NO. The topological polar surface area (TPSA) is 12.5 Å². The molecule has 0 aromatic carbocycles. The van der Waals surface area contributed by atoms with Gasteiger partial charge in [0.05, 0.1) is 5.60 Å². The highest BCUT2D eigenvalue weighted by Crippen LogP contribution is 2.47. The third kappa shape index (κ3) is 2.53. The molecule has 17 heavy (non-hydrogen) atoms. The zero-order chi connectivity index (χ0) is 12.6. The molecule has 0 spiro atoms. The van der Waals surface area contributed by atoms with Crippen LogP contribution in [0.3, 0.4) is 0 Å². The van der Waals surface area contributed by atoms with Crippen LogP contribution in [0.2, 0.25) is 0 Å². The van der Waals surface area contributed by atoms with Crippen LogP contribution in [-0.4, -0.2) is 22.7 Å². The Bertz CT molecular complexity index is 262. The fourth-order valence-corrected chi connectivity index (χ4v) is 3.86. The molecule has 0 N–H and O–H groups in total. The van der Waals surface area contributed by atoms with Gasteiger partial charge in [0.15, 0.2) is 0 Å². The standard InChI is InChI=1S/C15H29NO/c1-6-7-12-8-9-14-13(10-12)15(4,5)17-16(14)11(2)3/h11-14H,6-10H2,1-5H3. The number of hydrogen-bond acceptors (Lipinski definition) is 2. The average Bonchev–Trinajstić information content (AvgIpc) is 2.52. The molecule has 3 unspecified atom stereocenters. The lowest BCUT2D eigenvalue weighted by Crippen LogP contribution is -2.41. The summed E-state index contributed by atoms with van der Waals surface area (Å²) in [5, 5.41) is 2.28. The fraction of sp³-hybridized carbons (Fsp3) is 1.00. The second-order valence-corrected chi connectivity index (χ2v) is 6.79. The number of fused-ring (bicyclic) bond motifs is 1. The third-order valence-corrected chi connectivity index (χ3v) is 4.69. The van der Waals surface area contributed by atoms with E-state index < -0.39 is 0 Å². The van der Waals surface area contributed by atoms with Crippen LogP contribution in [0.4, 0.5) is 0 Å². The Labute approximate surface area is 107 Å². The van der Waals surface area contributed by atoms with Crippen molar-refractivity contribution in [2.24, 2.45) is 11.8 Å². The summed E-state index contributed by atoms with van der Waals surface area (Å²) in [6.45, 7) is 11.4. The SMILES string of the molecule is CCCC1CCC2C(C1)C(C)(C)ON2C(C)C. The number of hydrogen-bond donors (Lipinski definition) is 0. The molecule has 1 saturated carbocycles. The Kier molecular flexibility index (Phi) is 3.84. The van der Waals surface area contributed by atoms with Gasteiger partial charge >= 0.3 is 0 Å². The maximum absolute atomic E-state index is 6.22. The van der Waals surface area contributed by atoms with E-state index in [-0.39, 0.29) is 5.60 Å². The third-order valence-electron chi connectivity index (χ3n) is 4.69. The van der Waals surface area contributed by atoms with Crippen molar-refractivity contribution in [3.63, 3.8) is 0 Å². The van der Waals surface area contributed by atoms with Crippen LogP contribution in [0, 0.1) is 11.8 Å². The van der Waals surface area contributed by atoms with Gasteiger partial charge in [0.25, 0.3) is 0 Å². The maximum Gasteiger partial charge on any atom is 0.0887 e. The van der Waals surface area contributed by atoms with Gasteiger partial charge < -0.3 is 0 Å². The fourth-order valence-electron chi connectivity index (χ4n) is 3.86. The first kappa shape index (κ1) is 13.4. The van der Waals surface area contributed by atoms with Crippen LogP contribution in [0.1, 0.15) is 66.7 Å². The molecule has 0 aromatic heterocycles. The lowest BCUT2D eigenvalue weighted by molar-refractivity contribution is -0.211. The number of rotatable bonds is 3. The lowest BCUT2D eigenvalue weighted by Gasteiger charge is -2.36. The smallest absolute Gasteiger partial charge is 0.0887 e. The molecule has 3 atom stereocenters. The van der Waals surface area contributed by atoms with Gasteiger partial charge in [0.1, 0.15) is 0 Å². The second-order valence-electron chi connectivity index (χ2n) is 6.79. The zero-order valence-corrected chi connectivity index (χ0v) is 12.2. The highest BCUT2D eigenvalue weighted by molar-refractivity contribution is 4.98. The highest BCUT2D eigenvalue weighted by atomic mass is 16.7. The van der Waals surface area contributed by atoms with Crippen molar-refractivity contribution in [2.45, 2.75) is 84.4 Å². The zero-order valence-electron chi connectivity index (χ0n) is 12.2. The Balaban J connectivity index is 2.09. The van der Waals surface area contributed by atoms with Gasteiger partial charge in [-0.3, -0.25) is 4.84 Å². The normalized spacial score (nSPS) is 37.4. The Morgan fingerprint density at radius 3 is 2.59 bits per heavy atom. The Morgan fingerprint density at radius 2 is 2.00 bits per heavy atom. The molecule has 0 amide bonds. The first-order valence-corrected chi connectivity index (χ1v) is 7.43. The summed E-state index contributed by atoms with van der Waals surface area (Å²) in [6.07, 6.45) is 6.83. The minimum atomic E-state index is 0.0430. The monoisotopic (exact) mass is 239 g/mol. The van der Waals surface area contributed by atoms with Crippen LogP contribution in [0.15, 0.2) is 0 Å². The van der Waals surface area contributed by atoms with E-state index in [4.69, 9.17) is 4.84 Å². The molecule has 0 aromatic rings. The minimum Gasteiger partial charge on any atom is -0.292 e. The molecular weight excluding hydrogens is 210 g/mol. The van der Waals surface area contributed by atoms with Gasteiger partial charge in [-0.1, -0.05) is 19.8 Å². The summed E-state index contributed by atoms with van der Waals surface area (Å²) in [5.41, 5.74) is 0.0430. The predicted octanol–water partition coefficient (Wildman–Crippen LogP) is 4.01. The first-order chi connectivity index (χ1) is 7.95. The van der Waals surface area contributed by atoms with Gasteiger partial charge in [-0.15, -0.1) is 0 Å². The molecule has 2 nitrogen and oxygen atoms in total. The van der Waals surface area contributed by atoms with Crippen molar-refractivity contribution >= 4 is 0 Å². The quantitative estimate of drug-likeness (QED) is 0.738. The van der Waals surface area contributed by atoms with E-state index in [1.807, 2.05) is 0 Å². The molecule has 0 bridgehead atoms. The van der Waals surface area contributed by atoms with Crippen LogP contribution in [0.25, 0.3) is 0 Å². The minimum absolute atomic E-state index is 0.0430. The molecule has 1 aliphatic heterocycles. The maximum atomic E-state index is 6.22. The molecule has 1 saturated heterocycles. The second kappa shape index (κ2) is 4.89. The van der Waals surface area contributed by atoms with E-state index in [1.54, 1.807) is 0 Å². The molecule has 1 heterocycles. The van der Waals surface area contributed by atoms with Crippen LogP contribution in [-0.2, 0) is 4.84 Å². The van der Waals surface area contributed by atoms with Gasteiger partial charge in [0, 0.05) is 18.0 Å². The number of nitrogens with zero attached hydrogens (tertiary/aromatic N) is 1. The van der Waals surface area contributed by atoms with Crippen molar-refractivity contribution in [3.8, 4) is 0 Å². The largest absolute Gasteiger partial charge is 0.292 e. The van der Waals surface area contributed by atoms with Gasteiger partial charge in [-0.2, -0.15) is 5.06 Å². The summed E-state index contributed by atoms with van der Waals surface area (Å²) >= 11 is 0. The molecule has 2 fully saturated rings. The van der Waals surface area contributed by atoms with Crippen LogP contribution >= 0.6 is 0 Å². The van der Waals surface area contributed by atoms with Gasteiger partial charge in [-0.25, -0.2) is 0 Å². The molecule has 2 aliphatic rings. The van der Waals surface area contributed by atoms with E-state index in [1.165, 1.54) is 32.1 Å². The van der Waals surface area contributed by atoms with E-state index >= 15 is 0 Å². The highest BCUT2D eigenvalue weighted by Gasteiger charge is 2.51. The summed E-state index contributed by atoms with van der Waals surface area (Å²) in [7, 11) is 0. The van der Waals surface area contributed by atoms with Crippen molar-refractivity contribution in [1.29, 1.82) is 0 Å². The molecule has 1 aliphatic carbocycles. The predicted molar refractivity (Wildman–Crippen MR) is 71.7 cm³/mol. The Morgan fingerprint density at radius 1 is 1.29 bits per heavy atom. The van der Waals surface area contributed by atoms with Gasteiger partial charge in [0.2, 0.25) is 0 Å². The van der Waals surface area contributed by atoms with Gasteiger partial charge in [-0.05, 0) is 52.9 Å². The molecule has 0 radical (unpaired) electrons. The Hall–Kier alpha value is -0.0800. The van der Waals surface area contributed by atoms with Crippen molar-refractivity contribution in [2.75, 3.05) is 0 Å². The summed E-state index contributed by atoms with van der Waals surface area (Å²) in [4.78, 5) is 6.22. The summed E-state index contributed by atoms with van der Waals surface area (Å²) < 4.78 is 0. The summed E-state index contributed by atoms with van der Waals surface area (Å²) in [5.74, 6) is 1.67. The van der Waals surface area contributed by atoms with E-state index in [2.05, 4.69) is 39.7 Å². The van der Waals surface area contributed by atoms with Crippen LogP contribution in [0.5, 0.6) is 0 Å². The molecule has 2 heteroatoms. The van der Waals surface area contributed by atoms with Crippen molar-refractivity contribution in [3.05, 3.63) is 0 Å². The average molecular weight is 239 g/mol. The van der Waals surface area contributed by atoms with Crippen LogP contribution < -0.4 is 0 Å². The van der Waals surface area contributed by atoms with E-state index in [9.17, 15) is 0 Å². The first-order valence-electron chi connectivity index (χ1n) is 7.43. The van der Waals surface area contributed by atoms with Crippen molar-refractivity contribution < 1.29 is 4.84 Å². The lowest BCUT2D eigenvalue weighted by atomic mass is 9.71. The molecule has 100 valence electrons. The summed E-state index contributed by atoms with van der Waals surface area (Å²) in [6, 6.07) is 1.17. The van der Waals surface area contributed by atoms with Crippen molar-refractivity contribution in [1.82, 2.24) is 5.06 Å². The van der Waals surface area contributed by atoms with E-state index in [0.717, 1.165) is 11.8 Å². The van der Waals surface area contributed by atoms with E-state index in [0.29, 0.717) is 12.1 Å². The number of hydroxylamine groups is 2.